The number of unbranched alkanes of at least 4 members (excludes halogenated alkanes) is 4. The monoisotopic (exact) mass is 356 g/mol. The molecular formula is C19H30ClFOSi. The molecule has 4 heteroatoms. The molecule has 0 bridgehead atoms. The van der Waals surface area contributed by atoms with Crippen LogP contribution >= 0.6 is 11.6 Å². The Hall–Kier alpha value is -0.543. The second kappa shape index (κ2) is 10.3. The van der Waals surface area contributed by atoms with Crippen molar-refractivity contribution in [1.29, 1.82) is 0 Å². The van der Waals surface area contributed by atoms with Crippen LogP contribution in [-0.2, 0) is 0 Å². The zero-order valence-electron chi connectivity index (χ0n) is 14.3. The zero-order chi connectivity index (χ0) is 16.5. The van der Waals surface area contributed by atoms with Crippen LogP contribution in [-0.4, -0.2) is 15.4 Å². The van der Waals surface area contributed by atoms with Gasteiger partial charge >= 0.3 is 0 Å². The van der Waals surface area contributed by atoms with Gasteiger partial charge in [0.05, 0.1) is 6.61 Å². The van der Waals surface area contributed by atoms with Gasteiger partial charge in [-0.05, 0) is 37.0 Å². The van der Waals surface area contributed by atoms with Crippen molar-refractivity contribution >= 4 is 20.4 Å². The lowest BCUT2D eigenvalue weighted by Crippen LogP contribution is -2.24. The Bertz CT molecular complexity index is 461. The standard InChI is InChI=1S/C19H30ClFOSi/c1-2-3-4-5-6-11-23-12-9-16(10-13-23)15-22-19-8-7-17(20)14-18(19)21/h7-8,14,16,23H,2-6,9-13,15H2,1H3. The molecule has 1 aromatic carbocycles. The zero-order valence-corrected chi connectivity index (χ0v) is 16.2. The third kappa shape index (κ3) is 6.84. The van der Waals surface area contributed by atoms with Crippen LogP contribution < -0.4 is 4.74 Å². The van der Waals surface area contributed by atoms with Crippen molar-refractivity contribution in [3.05, 3.63) is 29.0 Å². The minimum Gasteiger partial charge on any atom is -0.490 e. The van der Waals surface area contributed by atoms with E-state index in [2.05, 4.69) is 6.92 Å². The topological polar surface area (TPSA) is 9.23 Å². The number of halogens is 2. The van der Waals surface area contributed by atoms with Crippen molar-refractivity contribution in [2.24, 2.45) is 5.92 Å². The summed E-state index contributed by atoms with van der Waals surface area (Å²) in [5.74, 6) is 0.589. The molecule has 0 spiro atoms. The number of rotatable bonds is 9. The summed E-state index contributed by atoms with van der Waals surface area (Å²) in [5, 5.41) is 0.417. The fraction of sp³-hybridized carbons (Fsp3) is 0.684. The van der Waals surface area contributed by atoms with Crippen molar-refractivity contribution in [1.82, 2.24) is 0 Å². The predicted molar refractivity (Wildman–Crippen MR) is 100.0 cm³/mol. The number of hydrogen-bond acceptors (Lipinski definition) is 1. The average molecular weight is 357 g/mol. The van der Waals surface area contributed by atoms with Crippen molar-refractivity contribution in [2.45, 2.75) is 70.0 Å². The molecule has 1 aliphatic rings. The minimum absolute atomic E-state index is 0.338. The average Bonchev–Trinajstić information content (AvgIpc) is 2.55. The summed E-state index contributed by atoms with van der Waals surface area (Å²) in [6.07, 6.45) is 9.58. The quantitative estimate of drug-likeness (QED) is 0.364. The van der Waals surface area contributed by atoms with Gasteiger partial charge in [0.15, 0.2) is 11.6 Å². The highest BCUT2D eigenvalue weighted by atomic mass is 35.5. The van der Waals surface area contributed by atoms with Crippen molar-refractivity contribution in [3.8, 4) is 5.75 Å². The number of benzene rings is 1. The van der Waals surface area contributed by atoms with Gasteiger partial charge < -0.3 is 4.74 Å². The van der Waals surface area contributed by atoms with E-state index >= 15 is 0 Å². The molecule has 0 amide bonds. The molecule has 0 N–H and O–H groups in total. The Labute approximate surface area is 147 Å². The van der Waals surface area contributed by atoms with E-state index in [1.54, 1.807) is 12.1 Å². The first kappa shape index (κ1) is 18.8. The van der Waals surface area contributed by atoms with E-state index in [-0.39, 0.29) is 5.82 Å². The molecule has 0 saturated carbocycles. The van der Waals surface area contributed by atoms with Crippen molar-refractivity contribution in [3.63, 3.8) is 0 Å². The van der Waals surface area contributed by atoms with Gasteiger partial charge in [0.25, 0.3) is 0 Å². The van der Waals surface area contributed by atoms with Crippen LogP contribution in [0.4, 0.5) is 4.39 Å². The van der Waals surface area contributed by atoms with Gasteiger partial charge in [0.2, 0.25) is 0 Å². The molecule has 1 heterocycles. The van der Waals surface area contributed by atoms with E-state index < -0.39 is 8.80 Å². The Morgan fingerprint density at radius 1 is 1.17 bits per heavy atom. The maximum absolute atomic E-state index is 13.7. The molecule has 0 aromatic heterocycles. The summed E-state index contributed by atoms with van der Waals surface area (Å²) in [6, 6.07) is 9.06. The van der Waals surface area contributed by atoms with E-state index in [0.29, 0.717) is 23.3 Å². The lowest BCUT2D eigenvalue weighted by molar-refractivity contribution is 0.227. The second-order valence-corrected chi connectivity index (χ2v) is 10.9. The minimum atomic E-state index is -0.479. The van der Waals surface area contributed by atoms with Gasteiger partial charge in [-0.15, -0.1) is 0 Å². The molecule has 1 fully saturated rings. The molecule has 1 saturated heterocycles. The first-order chi connectivity index (χ1) is 11.2. The van der Waals surface area contributed by atoms with Gasteiger partial charge in [0.1, 0.15) is 0 Å². The van der Waals surface area contributed by atoms with Crippen LogP contribution in [0.25, 0.3) is 0 Å². The van der Waals surface area contributed by atoms with Gasteiger partial charge in [-0.25, -0.2) is 4.39 Å². The van der Waals surface area contributed by atoms with E-state index in [4.69, 9.17) is 16.3 Å². The highest BCUT2D eigenvalue weighted by Gasteiger charge is 2.22. The fourth-order valence-electron chi connectivity index (χ4n) is 3.52. The van der Waals surface area contributed by atoms with Crippen LogP contribution in [0.2, 0.25) is 23.2 Å². The summed E-state index contributed by atoms with van der Waals surface area (Å²) in [4.78, 5) is 0. The lowest BCUT2D eigenvalue weighted by atomic mass is 10.0. The largest absolute Gasteiger partial charge is 0.490 e. The highest BCUT2D eigenvalue weighted by Crippen LogP contribution is 2.29. The van der Waals surface area contributed by atoms with Crippen LogP contribution in [0, 0.1) is 11.7 Å². The highest BCUT2D eigenvalue weighted by molar-refractivity contribution is 6.58. The van der Waals surface area contributed by atoms with E-state index in [0.717, 1.165) is 0 Å². The van der Waals surface area contributed by atoms with Crippen LogP contribution in [0.15, 0.2) is 18.2 Å². The van der Waals surface area contributed by atoms with E-state index in [1.807, 2.05) is 0 Å². The molecule has 1 nitrogen and oxygen atoms in total. The Kier molecular flexibility index (Phi) is 8.45. The molecule has 0 unspecified atom stereocenters. The molecule has 130 valence electrons. The molecule has 0 radical (unpaired) electrons. The van der Waals surface area contributed by atoms with Gasteiger partial charge in [-0.2, -0.15) is 0 Å². The maximum Gasteiger partial charge on any atom is 0.166 e. The molecule has 1 aliphatic heterocycles. The number of hydrogen-bond donors (Lipinski definition) is 0. The third-order valence-electron chi connectivity index (χ3n) is 5.05. The molecule has 23 heavy (non-hydrogen) atoms. The summed E-state index contributed by atoms with van der Waals surface area (Å²) in [7, 11) is -0.479. The SMILES string of the molecule is CCCCCCC[SiH]1CCC(COc2ccc(Cl)cc2F)CC1. The van der Waals surface area contributed by atoms with Crippen LogP contribution in [0.1, 0.15) is 51.9 Å². The third-order valence-corrected chi connectivity index (χ3v) is 8.81. The molecular weight excluding hydrogens is 327 g/mol. The van der Waals surface area contributed by atoms with Gasteiger partial charge in [-0.1, -0.05) is 68.8 Å². The summed E-state index contributed by atoms with van der Waals surface area (Å²) in [5.41, 5.74) is 0. The van der Waals surface area contributed by atoms with Gasteiger partial charge in [0, 0.05) is 13.8 Å². The van der Waals surface area contributed by atoms with Crippen molar-refractivity contribution in [2.75, 3.05) is 6.61 Å². The Morgan fingerprint density at radius 2 is 1.91 bits per heavy atom. The summed E-state index contributed by atoms with van der Waals surface area (Å²) < 4.78 is 19.4. The summed E-state index contributed by atoms with van der Waals surface area (Å²) >= 11 is 5.76. The number of ether oxygens (including phenoxy) is 1. The molecule has 0 atom stereocenters. The first-order valence-electron chi connectivity index (χ1n) is 9.27. The Morgan fingerprint density at radius 3 is 2.61 bits per heavy atom. The lowest BCUT2D eigenvalue weighted by Gasteiger charge is -2.27. The molecule has 2 rings (SSSR count). The second-order valence-electron chi connectivity index (χ2n) is 6.98. The van der Waals surface area contributed by atoms with Crippen LogP contribution in [0.3, 0.4) is 0 Å². The van der Waals surface area contributed by atoms with Crippen molar-refractivity contribution < 1.29 is 9.13 Å². The Balaban J connectivity index is 1.61. The fourth-order valence-corrected chi connectivity index (χ4v) is 7.30. The first-order valence-corrected chi connectivity index (χ1v) is 12.1. The van der Waals surface area contributed by atoms with E-state index in [9.17, 15) is 4.39 Å². The van der Waals surface area contributed by atoms with Crippen LogP contribution in [0.5, 0.6) is 5.75 Å². The normalized spacial score (nSPS) is 21.3. The summed E-state index contributed by atoms with van der Waals surface area (Å²) in [6.45, 7) is 2.92. The maximum atomic E-state index is 13.7. The van der Waals surface area contributed by atoms with E-state index in [1.165, 1.54) is 69.1 Å². The molecule has 1 aromatic rings. The molecule has 0 aliphatic carbocycles. The predicted octanol–water partition coefficient (Wildman–Crippen LogP) is 6.47. The smallest absolute Gasteiger partial charge is 0.166 e. The van der Waals surface area contributed by atoms with Gasteiger partial charge in [-0.3, -0.25) is 0 Å².